The quantitative estimate of drug-likeness (QED) is 0.0205. The van der Waals surface area contributed by atoms with Crippen LogP contribution >= 0.6 is 7.82 Å². The Kier molecular flexibility index (Phi) is 58.7. The first-order valence-corrected chi connectivity index (χ1v) is 35.6. The van der Waals surface area contributed by atoms with Crippen LogP contribution in [0.1, 0.15) is 297 Å². The summed E-state index contributed by atoms with van der Waals surface area (Å²) in [6.07, 6.45) is 82.6. The molecule has 0 heterocycles. The third-order valence-corrected chi connectivity index (χ3v) is 15.7. The molecule has 9 nitrogen and oxygen atoms in total. The Morgan fingerprint density at radius 1 is 0.427 bits per heavy atom. The van der Waals surface area contributed by atoms with Crippen molar-refractivity contribution in [1.82, 2.24) is 5.32 Å². The molecule has 0 aromatic heterocycles. The second-order valence-electron chi connectivity index (χ2n) is 24.0. The van der Waals surface area contributed by atoms with Gasteiger partial charge >= 0.3 is 13.8 Å². The number of nitrogens with one attached hydrogen (secondary N) is 1. The first kappa shape index (κ1) is 78.9. The van der Waals surface area contributed by atoms with Crippen molar-refractivity contribution in [3.05, 3.63) is 97.2 Å². The number of esters is 1. The van der Waals surface area contributed by atoms with Gasteiger partial charge in [0.05, 0.1) is 33.8 Å². The number of carbonyl (C=O) groups is 2. The predicted molar refractivity (Wildman–Crippen MR) is 355 cm³/mol. The van der Waals surface area contributed by atoms with Gasteiger partial charge in [-0.3, -0.25) is 18.6 Å². The molecule has 0 radical (unpaired) electrons. The summed E-state index contributed by atoms with van der Waals surface area (Å²) in [5.74, 6) is -0.525. The minimum Gasteiger partial charge on any atom is -0.456 e. The van der Waals surface area contributed by atoms with Gasteiger partial charge in [-0.2, -0.15) is 0 Å². The van der Waals surface area contributed by atoms with E-state index in [1.54, 1.807) is 0 Å². The maximum absolute atomic E-state index is 13.6. The monoisotopic (exact) mass is 1170 g/mol. The van der Waals surface area contributed by atoms with Crippen molar-refractivity contribution in [1.29, 1.82) is 0 Å². The molecule has 474 valence electrons. The number of likely N-dealkylation sites (N-methyl/N-ethyl adjacent to an activating group) is 1. The number of allylic oxidation sites excluding steroid dienone is 15. The van der Waals surface area contributed by atoms with Crippen LogP contribution in [0.15, 0.2) is 97.2 Å². The highest BCUT2D eigenvalue weighted by Gasteiger charge is 2.30. The number of quaternary nitrogens is 1. The van der Waals surface area contributed by atoms with E-state index in [0.29, 0.717) is 17.4 Å². The fourth-order valence-electron chi connectivity index (χ4n) is 9.46. The number of rotatable bonds is 61. The zero-order valence-corrected chi connectivity index (χ0v) is 55.1. The fraction of sp³-hybridized carbons (Fsp3) is 0.750. The van der Waals surface area contributed by atoms with Crippen LogP contribution in [0.25, 0.3) is 0 Å². The molecule has 0 aliphatic carbocycles. The van der Waals surface area contributed by atoms with Gasteiger partial charge in [-0.25, -0.2) is 4.57 Å². The highest BCUT2D eigenvalue weighted by Crippen LogP contribution is 2.43. The van der Waals surface area contributed by atoms with Crippen molar-refractivity contribution in [2.24, 2.45) is 0 Å². The van der Waals surface area contributed by atoms with E-state index in [0.717, 1.165) is 116 Å². The molecule has 0 aromatic carbocycles. The molecule has 0 rings (SSSR count). The van der Waals surface area contributed by atoms with Crippen molar-refractivity contribution in [2.45, 2.75) is 309 Å². The van der Waals surface area contributed by atoms with Crippen LogP contribution in [0.4, 0.5) is 0 Å². The molecule has 3 atom stereocenters. The molecule has 0 aliphatic heterocycles. The Morgan fingerprint density at radius 2 is 0.744 bits per heavy atom. The lowest BCUT2D eigenvalue weighted by atomic mass is 10.0. The molecule has 2 N–H and O–H groups in total. The van der Waals surface area contributed by atoms with E-state index in [1.165, 1.54) is 148 Å². The number of nitrogens with zero attached hydrogens (tertiary/aromatic N) is 1. The van der Waals surface area contributed by atoms with Crippen molar-refractivity contribution in [3.63, 3.8) is 0 Å². The predicted octanol–water partition coefficient (Wildman–Crippen LogP) is 21.5. The Bertz CT molecular complexity index is 1720. The zero-order valence-electron chi connectivity index (χ0n) is 54.2. The van der Waals surface area contributed by atoms with Crippen LogP contribution in [0.5, 0.6) is 0 Å². The summed E-state index contributed by atoms with van der Waals surface area (Å²) in [6, 6.07) is -0.863. The zero-order chi connectivity index (χ0) is 60.0. The molecule has 0 aromatic rings. The van der Waals surface area contributed by atoms with Crippen LogP contribution in [0, 0.1) is 0 Å². The van der Waals surface area contributed by atoms with E-state index < -0.39 is 20.0 Å². The normalized spacial score (nSPS) is 14.2. The first-order chi connectivity index (χ1) is 39.9. The van der Waals surface area contributed by atoms with Crippen LogP contribution in [0.3, 0.4) is 0 Å². The molecule has 0 saturated carbocycles. The molecule has 0 bridgehead atoms. The largest absolute Gasteiger partial charge is 0.472 e. The van der Waals surface area contributed by atoms with Gasteiger partial charge in [-0.1, -0.05) is 266 Å². The van der Waals surface area contributed by atoms with Crippen LogP contribution in [-0.4, -0.2) is 74.3 Å². The second kappa shape index (κ2) is 61.0. The lowest BCUT2D eigenvalue weighted by Crippen LogP contribution is -2.47. The van der Waals surface area contributed by atoms with Crippen molar-refractivity contribution in [2.75, 3.05) is 40.9 Å². The van der Waals surface area contributed by atoms with Gasteiger partial charge in [0, 0.05) is 12.8 Å². The van der Waals surface area contributed by atoms with Crippen molar-refractivity contribution in [3.8, 4) is 0 Å². The van der Waals surface area contributed by atoms with E-state index in [2.05, 4.69) is 111 Å². The van der Waals surface area contributed by atoms with Crippen molar-refractivity contribution < 1.29 is 37.3 Å². The summed E-state index contributed by atoms with van der Waals surface area (Å²) < 4.78 is 30.8. The molecule has 0 aliphatic rings. The number of phosphoric acid groups is 1. The van der Waals surface area contributed by atoms with Crippen LogP contribution in [-0.2, 0) is 27.9 Å². The molecule has 0 fully saturated rings. The van der Waals surface area contributed by atoms with E-state index in [4.69, 9.17) is 13.8 Å². The van der Waals surface area contributed by atoms with Gasteiger partial charge in [0.25, 0.3) is 0 Å². The smallest absolute Gasteiger partial charge is 0.456 e. The van der Waals surface area contributed by atoms with Crippen molar-refractivity contribution >= 4 is 19.7 Å². The Morgan fingerprint density at radius 3 is 1.13 bits per heavy atom. The molecule has 3 unspecified atom stereocenters. The number of phosphoric ester groups is 1. The summed E-state index contributed by atoms with van der Waals surface area (Å²) >= 11 is 0. The highest BCUT2D eigenvalue weighted by molar-refractivity contribution is 7.47. The summed E-state index contributed by atoms with van der Waals surface area (Å²) in [5.41, 5.74) is 0. The van der Waals surface area contributed by atoms with Crippen LogP contribution < -0.4 is 5.32 Å². The summed E-state index contributed by atoms with van der Waals surface area (Å²) in [4.78, 5) is 37.9. The van der Waals surface area contributed by atoms with E-state index >= 15 is 0 Å². The molecule has 0 spiro atoms. The maximum Gasteiger partial charge on any atom is 0.472 e. The van der Waals surface area contributed by atoms with E-state index in [1.807, 2.05) is 33.3 Å². The number of hydrogen-bond donors (Lipinski definition) is 2. The van der Waals surface area contributed by atoms with Gasteiger partial charge in [0.1, 0.15) is 19.3 Å². The molecule has 82 heavy (non-hydrogen) atoms. The SMILES string of the molecule is CCCCC/C=C\C/C=C\C/C=C\C/C=C\CCCCCCCCCC(=O)OC(/C=C/CCCCCCCCCCCC)C(COP(=O)(O)OCC[N+](C)(C)C)NC(=O)CCCCCCCCCC/C=C\C/C=C\C/C=C\CCCCC. The maximum atomic E-state index is 13.6. The topological polar surface area (TPSA) is 111 Å². The first-order valence-electron chi connectivity index (χ1n) is 34.1. The summed E-state index contributed by atoms with van der Waals surface area (Å²) in [6.45, 7) is 6.95. The lowest BCUT2D eigenvalue weighted by molar-refractivity contribution is -0.870. The third kappa shape index (κ3) is 61.5. The Hall–Kier alpha value is -3.07. The summed E-state index contributed by atoms with van der Waals surface area (Å²) in [7, 11) is 1.48. The molecular formula is C72H130N2O7P+. The number of amides is 1. The minimum atomic E-state index is -4.46. The standard InChI is InChI=1S/C72H129N2O7P/c1-7-10-13-16-19-22-25-28-30-32-34-36-37-39-41-43-45-47-50-53-56-59-62-65-72(76)81-70(63-60-57-54-51-48-27-24-21-18-15-12-9-3)69(68-80-82(77,78)79-67-66-74(4,5)6)73-71(75)64-61-58-55-52-49-46-44-42-40-38-35-33-31-29-26-23-20-17-14-11-8-2/h19-20,22-23,28-31,34-36,38-39,41,60,63,69-70H,7-18,21,24-27,32-33,37,40,42-59,61-62,64-68H2,1-6H3,(H-,73,75,77,78)/p+1/b22-19-,23-20-,30-28-,31-29-,36-34-,38-35-,41-39-,63-60+. The number of unbranched alkanes of at least 4 members (excludes halogenated alkanes) is 31. The lowest BCUT2D eigenvalue weighted by Gasteiger charge is -2.27. The van der Waals surface area contributed by atoms with E-state index in [9.17, 15) is 19.0 Å². The van der Waals surface area contributed by atoms with E-state index in [-0.39, 0.29) is 31.5 Å². The van der Waals surface area contributed by atoms with Crippen LogP contribution in [0.2, 0.25) is 0 Å². The second-order valence-corrected chi connectivity index (χ2v) is 25.4. The number of hydrogen-bond acceptors (Lipinski definition) is 6. The summed E-state index contributed by atoms with van der Waals surface area (Å²) in [5, 5.41) is 3.06. The van der Waals surface area contributed by atoms with Gasteiger partial charge < -0.3 is 19.4 Å². The average molecular weight is 1170 g/mol. The number of carbonyl (C=O) groups excluding carboxylic acids is 2. The van der Waals surface area contributed by atoms with Gasteiger partial charge in [-0.05, 0) is 115 Å². The third-order valence-electron chi connectivity index (χ3n) is 14.7. The molecule has 0 saturated heterocycles. The number of ether oxygens (including phenoxy) is 1. The molecule has 1 amide bonds. The Labute approximate surface area is 507 Å². The minimum absolute atomic E-state index is 0.0326. The fourth-order valence-corrected chi connectivity index (χ4v) is 10.2. The average Bonchev–Trinajstić information content (AvgIpc) is 3.44. The molecule has 10 heteroatoms. The van der Waals surface area contributed by atoms with Gasteiger partial charge in [0.2, 0.25) is 5.91 Å². The highest BCUT2D eigenvalue weighted by atomic mass is 31.2. The Balaban J connectivity index is 5.19. The van der Waals surface area contributed by atoms with Gasteiger partial charge in [0.15, 0.2) is 0 Å². The molecular weight excluding hydrogens is 1040 g/mol. The van der Waals surface area contributed by atoms with Gasteiger partial charge in [-0.15, -0.1) is 0 Å².